The van der Waals surface area contributed by atoms with E-state index in [9.17, 15) is 0 Å². The minimum atomic E-state index is 0.470. The lowest BCUT2D eigenvalue weighted by atomic mass is 10.3. The fourth-order valence-corrected chi connectivity index (χ4v) is 3.07. The number of rotatable bonds is 1. The zero-order valence-electron chi connectivity index (χ0n) is 8.94. The van der Waals surface area contributed by atoms with Gasteiger partial charge in [0.25, 0.3) is 0 Å². The van der Waals surface area contributed by atoms with Gasteiger partial charge < -0.3 is 4.57 Å². The highest BCUT2D eigenvalue weighted by atomic mass is 127. The molecule has 0 aliphatic carbocycles. The molecule has 90 valence electrons. The van der Waals surface area contributed by atoms with Crippen molar-refractivity contribution in [3.63, 3.8) is 0 Å². The Morgan fingerprint density at radius 1 is 1.06 bits per heavy atom. The van der Waals surface area contributed by atoms with Gasteiger partial charge >= 0.3 is 0 Å². The number of benzene rings is 1. The maximum absolute atomic E-state index is 6.10. The third kappa shape index (κ3) is 1.98. The average Bonchev–Trinajstić information content (AvgIpc) is 2.69. The number of fused-ring (bicyclic) bond motifs is 1. The number of halogens is 3. The predicted octanol–water partition coefficient (Wildman–Crippen LogP) is 4.33. The van der Waals surface area contributed by atoms with Crippen molar-refractivity contribution in [3.8, 4) is 5.69 Å². The molecule has 0 saturated carbocycles. The second kappa shape index (κ2) is 4.68. The number of hydrogen-bond donors (Lipinski definition) is 0. The van der Waals surface area contributed by atoms with Gasteiger partial charge in [-0.3, -0.25) is 0 Å². The van der Waals surface area contributed by atoms with Crippen LogP contribution in [0.3, 0.4) is 0 Å². The van der Waals surface area contributed by atoms with Gasteiger partial charge in [0.2, 0.25) is 0 Å². The minimum absolute atomic E-state index is 0.470. The average molecular weight is 390 g/mol. The van der Waals surface area contributed by atoms with E-state index < -0.39 is 0 Å². The quantitative estimate of drug-likeness (QED) is 0.458. The van der Waals surface area contributed by atoms with Gasteiger partial charge in [-0.15, -0.1) is 0 Å². The molecule has 3 aromatic rings. The molecular weight excluding hydrogens is 384 g/mol. The molecule has 0 atom stereocenters. The zero-order chi connectivity index (χ0) is 12.7. The molecule has 0 fully saturated rings. The lowest BCUT2D eigenvalue weighted by Gasteiger charge is -2.04. The molecular formula is C12H6Cl2IN3. The largest absolute Gasteiger partial charge is 0.300 e. The summed E-state index contributed by atoms with van der Waals surface area (Å²) in [6.45, 7) is 0. The molecule has 1 aromatic carbocycles. The molecule has 3 rings (SSSR count). The van der Waals surface area contributed by atoms with Crippen LogP contribution in [0.1, 0.15) is 0 Å². The highest BCUT2D eigenvalue weighted by Gasteiger charge is 2.12. The van der Waals surface area contributed by atoms with E-state index in [1.165, 1.54) is 6.33 Å². The van der Waals surface area contributed by atoms with Crippen LogP contribution in [-0.4, -0.2) is 14.5 Å². The molecule has 0 saturated heterocycles. The van der Waals surface area contributed by atoms with Crippen LogP contribution in [0.2, 0.25) is 10.2 Å². The predicted molar refractivity (Wildman–Crippen MR) is 81.6 cm³/mol. The Morgan fingerprint density at radius 2 is 1.78 bits per heavy atom. The first kappa shape index (κ1) is 12.2. The molecule has 3 nitrogen and oxygen atoms in total. The van der Waals surface area contributed by atoms with Gasteiger partial charge in [-0.25, -0.2) is 9.97 Å². The topological polar surface area (TPSA) is 30.7 Å². The summed E-state index contributed by atoms with van der Waals surface area (Å²) in [4.78, 5) is 8.30. The van der Waals surface area contributed by atoms with Crippen LogP contribution in [0.5, 0.6) is 0 Å². The lowest BCUT2D eigenvalue weighted by molar-refractivity contribution is 1.07. The molecule has 0 spiro atoms. The van der Waals surface area contributed by atoms with Crippen molar-refractivity contribution >= 4 is 56.8 Å². The highest BCUT2D eigenvalue weighted by molar-refractivity contribution is 14.1. The number of nitrogens with zero attached hydrogens (tertiary/aromatic N) is 3. The van der Waals surface area contributed by atoms with Crippen molar-refractivity contribution in [2.24, 2.45) is 0 Å². The molecule has 2 aromatic heterocycles. The van der Waals surface area contributed by atoms with Gasteiger partial charge in [-0.1, -0.05) is 23.2 Å². The van der Waals surface area contributed by atoms with Gasteiger partial charge in [0.15, 0.2) is 5.65 Å². The Labute approximate surface area is 127 Å². The summed E-state index contributed by atoms with van der Waals surface area (Å²) in [5.41, 5.74) is 1.78. The Bertz CT molecular complexity index is 722. The first-order chi connectivity index (χ1) is 8.66. The van der Waals surface area contributed by atoms with Gasteiger partial charge in [-0.05, 0) is 46.9 Å². The fourth-order valence-electron chi connectivity index (χ4n) is 1.78. The van der Waals surface area contributed by atoms with Crippen molar-refractivity contribution in [2.75, 3.05) is 0 Å². The van der Waals surface area contributed by atoms with Gasteiger partial charge in [0.1, 0.15) is 11.5 Å². The third-order valence-electron chi connectivity index (χ3n) is 2.60. The summed E-state index contributed by atoms with van der Waals surface area (Å²) in [6, 6.07) is 7.57. The zero-order valence-corrected chi connectivity index (χ0v) is 12.6. The van der Waals surface area contributed by atoms with Crippen LogP contribution >= 0.6 is 45.8 Å². The summed E-state index contributed by atoms with van der Waals surface area (Å²) < 4.78 is 2.99. The SMILES string of the molecule is Clc1ccc(-n2cc(I)c3c(Cl)ncnc32)cc1. The van der Waals surface area contributed by atoms with Crippen molar-refractivity contribution in [1.29, 1.82) is 0 Å². The first-order valence-corrected chi connectivity index (χ1v) is 6.93. The molecule has 0 aliphatic heterocycles. The smallest absolute Gasteiger partial charge is 0.150 e. The van der Waals surface area contributed by atoms with Crippen LogP contribution in [0, 0.1) is 3.57 Å². The summed E-state index contributed by atoms with van der Waals surface area (Å²) in [5, 5.41) is 2.05. The number of hydrogen-bond acceptors (Lipinski definition) is 2. The second-order valence-corrected chi connectivity index (χ2v) is 5.64. The summed E-state index contributed by atoms with van der Waals surface area (Å²) in [6.07, 6.45) is 3.45. The molecule has 0 radical (unpaired) electrons. The minimum Gasteiger partial charge on any atom is -0.300 e. The second-order valence-electron chi connectivity index (χ2n) is 3.69. The Kier molecular flexibility index (Phi) is 3.17. The molecule has 6 heteroatoms. The van der Waals surface area contributed by atoms with Gasteiger partial charge in [0, 0.05) is 20.5 Å². The molecule has 2 heterocycles. The highest BCUT2D eigenvalue weighted by Crippen LogP contribution is 2.29. The van der Waals surface area contributed by atoms with Crippen LogP contribution in [0.15, 0.2) is 36.8 Å². The van der Waals surface area contributed by atoms with Crippen LogP contribution in [0.4, 0.5) is 0 Å². The molecule has 0 amide bonds. The van der Waals surface area contributed by atoms with E-state index in [0.29, 0.717) is 10.2 Å². The van der Waals surface area contributed by atoms with E-state index >= 15 is 0 Å². The van der Waals surface area contributed by atoms with Gasteiger partial charge in [0.05, 0.1) is 5.39 Å². The molecule has 18 heavy (non-hydrogen) atoms. The molecule has 0 unspecified atom stereocenters. The van der Waals surface area contributed by atoms with Crippen LogP contribution in [0.25, 0.3) is 16.7 Å². The Hall–Kier alpha value is -0.850. The maximum Gasteiger partial charge on any atom is 0.150 e. The standard InChI is InChI=1S/C12H6Cl2IN3/c13-7-1-3-8(4-2-7)18-5-9(15)10-11(14)16-6-17-12(10)18/h1-6H. The summed E-state index contributed by atoms with van der Waals surface area (Å²) in [7, 11) is 0. The van der Waals surface area contributed by atoms with E-state index in [1.54, 1.807) is 0 Å². The van der Waals surface area contributed by atoms with E-state index in [4.69, 9.17) is 23.2 Å². The normalized spacial score (nSPS) is 11.1. The van der Waals surface area contributed by atoms with Gasteiger partial charge in [-0.2, -0.15) is 0 Å². The van der Waals surface area contributed by atoms with E-state index in [2.05, 4.69) is 32.6 Å². The van der Waals surface area contributed by atoms with E-state index in [-0.39, 0.29) is 0 Å². The Morgan fingerprint density at radius 3 is 2.50 bits per heavy atom. The third-order valence-corrected chi connectivity index (χ3v) is 3.95. The van der Waals surface area contributed by atoms with Crippen LogP contribution < -0.4 is 0 Å². The Balaban J connectivity index is 2.30. The van der Waals surface area contributed by atoms with E-state index in [0.717, 1.165) is 20.3 Å². The molecule has 0 aliphatic rings. The van der Waals surface area contributed by atoms with Crippen LogP contribution in [-0.2, 0) is 0 Å². The van der Waals surface area contributed by atoms with Crippen molar-refractivity contribution in [3.05, 3.63) is 50.5 Å². The van der Waals surface area contributed by atoms with E-state index in [1.807, 2.05) is 35.0 Å². The van der Waals surface area contributed by atoms with Crippen molar-refractivity contribution < 1.29 is 0 Å². The summed E-state index contributed by atoms with van der Waals surface area (Å²) >= 11 is 14.2. The number of aromatic nitrogens is 3. The first-order valence-electron chi connectivity index (χ1n) is 5.10. The lowest BCUT2D eigenvalue weighted by Crippen LogP contribution is -1.93. The summed E-state index contributed by atoms with van der Waals surface area (Å²) in [5.74, 6) is 0. The maximum atomic E-state index is 6.10. The molecule has 0 bridgehead atoms. The monoisotopic (exact) mass is 389 g/mol. The van der Waals surface area contributed by atoms with Crippen molar-refractivity contribution in [2.45, 2.75) is 0 Å². The van der Waals surface area contributed by atoms with Crippen molar-refractivity contribution in [1.82, 2.24) is 14.5 Å². The molecule has 0 N–H and O–H groups in total. The fraction of sp³-hybridized carbons (Fsp3) is 0.